The van der Waals surface area contributed by atoms with E-state index in [-0.39, 0.29) is 16.5 Å². The van der Waals surface area contributed by atoms with Crippen molar-refractivity contribution in [2.24, 2.45) is 5.92 Å². The van der Waals surface area contributed by atoms with Gasteiger partial charge in [-0.25, -0.2) is 8.42 Å². The van der Waals surface area contributed by atoms with Gasteiger partial charge in [-0.3, -0.25) is 4.79 Å². The highest BCUT2D eigenvalue weighted by Crippen LogP contribution is 2.16. The van der Waals surface area contributed by atoms with Crippen molar-refractivity contribution in [2.75, 3.05) is 13.6 Å². The Hall–Kier alpha value is -1.36. The summed E-state index contributed by atoms with van der Waals surface area (Å²) in [6.07, 6.45) is 1.08. The maximum atomic E-state index is 12.1. The SMILES string of the molecule is CC(C#N)CN(C)S(=O)(=O)c1c[nH]c(=O)c(Cl)c1. The Morgan fingerprint density at radius 2 is 2.22 bits per heavy atom. The fourth-order valence-electron chi connectivity index (χ4n) is 1.29. The van der Waals surface area contributed by atoms with E-state index in [0.29, 0.717) is 0 Å². The summed E-state index contributed by atoms with van der Waals surface area (Å²) in [5.74, 6) is -0.428. The van der Waals surface area contributed by atoms with Crippen molar-refractivity contribution in [3.63, 3.8) is 0 Å². The summed E-state index contributed by atoms with van der Waals surface area (Å²) in [5, 5.41) is 8.46. The van der Waals surface area contributed by atoms with E-state index >= 15 is 0 Å². The van der Waals surface area contributed by atoms with Crippen LogP contribution >= 0.6 is 11.6 Å². The summed E-state index contributed by atoms with van der Waals surface area (Å²) >= 11 is 5.58. The summed E-state index contributed by atoms with van der Waals surface area (Å²) in [5.41, 5.74) is -0.552. The van der Waals surface area contributed by atoms with Crippen LogP contribution in [0, 0.1) is 17.2 Å². The lowest BCUT2D eigenvalue weighted by atomic mass is 10.2. The second kappa shape index (κ2) is 5.52. The second-order valence-corrected chi connectivity index (χ2v) is 6.28. The van der Waals surface area contributed by atoms with Crippen LogP contribution in [0.5, 0.6) is 0 Å². The predicted octanol–water partition coefficient (Wildman–Crippen LogP) is 0.808. The van der Waals surface area contributed by atoms with E-state index in [1.54, 1.807) is 6.92 Å². The van der Waals surface area contributed by atoms with E-state index in [4.69, 9.17) is 16.9 Å². The van der Waals surface area contributed by atoms with Gasteiger partial charge in [0.05, 0.1) is 16.9 Å². The van der Waals surface area contributed by atoms with E-state index < -0.39 is 21.5 Å². The molecule has 1 aromatic rings. The smallest absolute Gasteiger partial charge is 0.266 e. The molecule has 18 heavy (non-hydrogen) atoms. The zero-order valence-electron chi connectivity index (χ0n) is 9.84. The topological polar surface area (TPSA) is 94.0 Å². The van der Waals surface area contributed by atoms with Crippen LogP contribution < -0.4 is 5.56 Å². The van der Waals surface area contributed by atoms with Gasteiger partial charge in [-0.2, -0.15) is 9.57 Å². The molecule has 0 aliphatic carbocycles. The van der Waals surface area contributed by atoms with Crippen molar-refractivity contribution in [3.8, 4) is 6.07 Å². The molecule has 0 aliphatic rings. The molecule has 1 N–H and O–H groups in total. The first-order valence-corrected chi connectivity index (χ1v) is 6.85. The number of nitriles is 1. The van der Waals surface area contributed by atoms with Gasteiger partial charge >= 0.3 is 0 Å². The van der Waals surface area contributed by atoms with E-state index in [9.17, 15) is 13.2 Å². The van der Waals surface area contributed by atoms with Crippen LogP contribution in [0.3, 0.4) is 0 Å². The monoisotopic (exact) mass is 289 g/mol. The van der Waals surface area contributed by atoms with E-state index in [0.717, 1.165) is 16.6 Å². The van der Waals surface area contributed by atoms with Crippen LogP contribution in [0.15, 0.2) is 22.0 Å². The third kappa shape index (κ3) is 3.10. The third-order valence-electron chi connectivity index (χ3n) is 2.29. The predicted molar refractivity (Wildman–Crippen MR) is 66.7 cm³/mol. The number of nitrogens with zero attached hydrogens (tertiary/aromatic N) is 2. The van der Waals surface area contributed by atoms with Gasteiger partial charge in [0.25, 0.3) is 5.56 Å². The number of pyridine rings is 1. The zero-order chi connectivity index (χ0) is 13.9. The van der Waals surface area contributed by atoms with Crippen molar-refractivity contribution in [1.82, 2.24) is 9.29 Å². The largest absolute Gasteiger partial charge is 0.326 e. The molecule has 0 spiro atoms. The molecular weight excluding hydrogens is 278 g/mol. The number of aromatic nitrogens is 1. The normalized spacial score (nSPS) is 13.3. The Labute approximate surface area is 110 Å². The van der Waals surface area contributed by atoms with Crippen LogP contribution in [-0.4, -0.2) is 31.3 Å². The van der Waals surface area contributed by atoms with Gasteiger partial charge in [0.15, 0.2) is 0 Å². The molecule has 0 aliphatic heterocycles. The first-order valence-electron chi connectivity index (χ1n) is 5.03. The Morgan fingerprint density at radius 1 is 1.61 bits per heavy atom. The maximum absolute atomic E-state index is 12.1. The molecule has 0 bridgehead atoms. The number of rotatable bonds is 4. The summed E-state index contributed by atoms with van der Waals surface area (Å²) in [6, 6.07) is 3.04. The standard InChI is InChI=1S/C10H12ClN3O3S/c1-7(4-12)6-14(2)18(16,17)8-3-9(11)10(15)13-5-8/h3,5,7H,6H2,1-2H3,(H,13,15). The van der Waals surface area contributed by atoms with Crippen molar-refractivity contribution < 1.29 is 8.42 Å². The maximum Gasteiger partial charge on any atom is 0.266 e. The number of hydrogen-bond acceptors (Lipinski definition) is 4. The minimum Gasteiger partial charge on any atom is -0.326 e. The lowest BCUT2D eigenvalue weighted by Crippen LogP contribution is -2.31. The molecule has 1 atom stereocenters. The molecule has 8 heteroatoms. The molecule has 1 aromatic heterocycles. The van der Waals surface area contributed by atoms with Crippen molar-refractivity contribution in [2.45, 2.75) is 11.8 Å². The van der Waals surface area contributed by atoms with Crippen molar-refractivity contribution in [3.05, 3.63) is 27.6 Å². The minimum atomic E-state index is -3.76. The molecule has 1 rings (SSSR count). The highest BCUT2D eigenvalue weighted by Gasteiger charge is 2.23. The quantitative estimate of drug-likeness (QED) is 0.887. The first-order chi connectivity index (χ1) is 8.28. The van der Waals surface area contributed by atoms with Crippen LogP contribution in [0.25, 0.3) is 0 Å². The molecule has 98 valence electrons. The third-order valence-corrected chi connectivity index (χ3v) is 4.37. The fourth-order valence-corrected chi connectivity index (χ4v) is 2.78. The first kappa shape index (κ1) is 14.7. The van der Waals surface area contributed by atoms with Gasteiger partial charge in [0.2, 0.25) is 10.0 Å². The Kier molecular flexibility index (Phi) is 4.51. The van der Waals surface area contributed by atoms with Crippen LogP contribution in [0.1, 0.15) is 6.92 Å². The number of H-pyrrole nitrogens is 1. The Balaban J connectivity index is 3.10. The lowest BCUT2D eigenvalue weighted by molar-refractivity contribution is 0.439. The van der Waals surface area contributed by atoms with Gasteiger partial charge in [-0.05, 0) is 13.0 Å². The number of halogens is 1. The van der Waals surface area contributed by atoms with Gasteiger partial charge in [0.1, 0.15) is 5.02 Å². The van der Waals surface area contributed by atoms with E-state index in [2.05, 4.69) is 4.98 Å². The van der Waals surface area contributed by atoms with Crippen LogP contribution in [0.4, 0.5) is 0 Å². The number of sulfonamides is 1. The summed E-state index contributed by atoms with van der Waals surface area (Å²) in [6.45, 7) is 1.68. The fraction of sp³-hybridized carbons (Fsp3) is 0.400. The van der Waals surface area contributed by atoms with Crippen molar-refractivity contribution >= 4 is 21.6 Å². The highest BCUT2D eigenvalue weighted by atomic mass is 35.5. The van der Waals surface area contributed by atoms with Gasteiger partial charge in [-0.1, -0.05) is 11.6 Å². The summed E-state index contributed by atoms with van der Waals surface area (Å²) in [4.78, 5) is 13.2. The molecule has 0 amide bonds. The van der Waals surface area contributed by atoms with Crippen molar-refractivity contribution in [1.29, 1.82) is 5.26 Å². The molecule has 0 saturated carbocycles. The lowest BCUT2D eigenvalue weighted by Gasteiger charge is -2.17. The summed E-state index contributed by atoms with van der Waals surface area (Å²) < 4.78 is 25.2. The minimum absolute atomic E-state index is 0.0651. The molecule has 1 heterocycles. The molecule has 0 fully saturated rings. The Morgan fingerprint density at radius 3 is 2.72 bits per heavy atom. The molecule has 0 saturated heterocycles. The van der Waals surface area contributed by atoms with Gasteiger partial charge in [-0.15, -0.1) is 0 Å². The molecule has 1 unspecified atom stereocenters. The molecule has 0 radical (unpaired) electrons. The highest BCUT2D eigenvalue weighted by molar-refractivity contribution is 7.89. The number of aromatic amines is 1. The number of hydrogen-bond donors (Lipinski definition) is 1. The van der Waals surface area contributed by atoms with E-state index in [1.165, 1.54) is 7.05 Å². The summed E-state index contributed by atoms with van der Waals surface area (Å²) in [7, 11) is -2.39. The average molecular weight is 290 g/mol. The van der Waals surface area contributed by atoms with Crippen LogP contribution in [-0.2, 0) is 10.0 Å². The van der Waals surface area contributed by atoms with Crippen LogP contribution in [0.2, 0.25) is 5.02 Å². The zero-order valence-corrected chi connectivity index (χ0v) is 11.4. The molecule has 0 aromatic carbocycles. The van der Waals surface area contributed by atoms with Gasteiger partial charge in [0, 0.05) is 19.8 Å². The average Bonchev–Trinajstić information content (AvgIpc) is 2.32. The Bertz CT molecular complexity index is 633. The van der Waals surface area contributed by atoms with E-state index in [1.807, 2.05) is 6.07 Å². The second-order valence-electron chi connectivity index (χ2n) is 3.83. The van der Waals surface area contributed by atoms with Gasteiger partial charge < -0.3 is 4.98 Å². The molecule has 6 nitrogen and oxygen atoms in total. The number of nitrogens with one attached hydrogen (secondary N) is 1. The molecular formula is C10H12ClN3O3S.